The lowest BCUT2D eigenvalue weighted by molar-refractivity contribution is 0.0199. The van der Waals surface area contributed by atoms with Crippen LogP contribution in [0.3, 0.4) is 0 Å². The highest BCUT2D eigenvalue weighted by molar-refractivity contribution is 6.83. The minimum atomic E-state index is -1.28. The van der Waals surface area contributed by atoms with Crippen LogP contribution in [0.5, 0.6) is 0 Å². The average molecular weight is 281 g/mol. The van der Waals surface area contributed by atoms with Crippen LogP contribution in [0.1, 0.15) is 33.6 Å². The van der Waals surface area contributed by atoms with E-state index in [2.05, 4.69) is 31.1 Å². The predicted molar refractivity (Wildman–Crippen MR) is 81.7 cm³/mol. The molecule has 3 nitrogen and oxygen atoms in total. The van der Waals surface area contributed by atoms with Gasteiger partial charge in [0.1, 0.15) is 13.7 Å². The third-order valence-electron chi connectivity index (χ3n) is 2.80. The topological polar surface area (TPSA) is 29.5 Å². The average Bonchev–Trinajstić information content (AvgIpc) is 2.23. The maximum atomic E-state index is 11.9. The van der Waals surface area contributed by atoms with Crippen LogP contribution in [0.25, 0.3) is 0 Å². The van der Waals surface area contributed by atoms with Gasteiger partial charge in [0.2, 0.25) is 0 Å². The highest BCUT2D eigenvalue weighted by Crippen LogP contribution is 2.19. The normalized spacial score (nSPS) is 17.7. The molecular weight excluding hydrogens is 254 g/mol. The summed E-state index contributed by atoms with van der Waals surface area (Å²) < 4.78 is 5.38. The Kier molecular flexibility index (Phi) is 5.09. The molecule has 1 aliphatic rings. The van der Waals surface area contributed by atoms with Crippen molar-refractivity contribution in [2.45, 2.75) is 58.9 Å². The molecule has 0 atom stereocenters. The number of rotatable bonds is 0. The number of nitrogens with zero attached hydrogens (tertiary/aromatic N) is 1. The smallest absolute Gasteiger partial charge is 0.410 e. The maximum absolute atomic E-state index is 11.9. The third-order valence-corrected chi connectivity index (χ3v) is 3.69. The number of hydrogen-bond donors (Lipinski definition) is 0. The molecule has 19 heavy (non-hydrogen) atoms. The van der Waals surface area contributed by atoms with Crippen molar-refractivity contribution in [3.8, 4) is 11.5 Å². The Morgan fingerprint density at radius 3 is 2.16 bits per heavy atom. The van der Waals surface area contributed by atoms with Crippen molar-refractivity contribution < 1.29 is 9.53 Å². The van der Waals surface area contributed by atoms with Crippen LogP contribution in [0, 0.1) is 17.4 Å². The summed E-state index contributed by atoms with van der Waals surface area (Å²) in [6, 6.07) is 0. The maximum Gasteiger partial charge on any atom is 0.410 e. The first kappa shape index (κ1) is 16.1. The number of carbonyl (C=O) groups excluding carboxylic acids is 1. The quantitative estimate of drug-likeness (QED) is 0.502. The van der Waals surface area contributed by atoms with Crippen molar-refractivity contribution in [1.29, 1.82) is 0 Å². The molecule has 0 unspecified atom stereocenters. The molecule has 1 rings (SSSR count). The summed E-state index contributed by atoms with van der Waals surface area (Å²) in [7, 11) is -1.28. The summed E-state index contributed by atoms with van der Waals surface area (Å²) in [6.45, 7) is 14.0. The second-order valence-corrected chi connectivity index (χ2v) is 12.0. The molecule has 0 spiro atoms. The fraction of sp³-hybridized carbons (Fsp3) is 0.800. The zero-order chi connectivity index (χ0) is 14.7. The van der Waals surface area contributed by atoms with Gasteiger partial charge in [0, 0.05) is 19.0 Å². The minimum Gasteiger partial charge on any atom is -0.444 e. The highest BCUT2D eigenvalue weighted by Gasteiger charge is 2.26. The fourth-order valence-corrected chi connectivity index (χ4v) is 2.49. The fourth-order valence-electron chi connectivity index (χ4n) is 1.85. The molecular formula is C15H27NO2Si. The molecule has 1 aliphatic heterocycles. The van der Waals surface area contributed by atoms with Gasteiger partial charge in [0.15, 0.2) is 0 Å². The number of amides is 1. The Morgan fingerprint density at radius 2 is 1.74 bits per heavy atom. The molecule has 1 amide bonds. The summed E-state index contributed by atoms with van der Waals surface area (Å²) in [5.74, 6) is 3.85. The first-order valence-corrected chi connectivity index (χ1v) is 10.6. The summed E-state index contributed by atoms with van der Waals surface area (Å²) in [6.07, 6.45) is 1.75. The standard InChI is InChI=1S/C15H27NO2Si/c1-15(2,3)18-14(17)16-10-7-13(8-11-16)9-12-19(4,5)6/h13H,7-8,10-11H2,1-6H3. The van der Waals surface area contributed by atoms with Crippen molar-refractivity contribution in [3.63, 3.8) is 0 Å². The number of piperidine rings is 1. The van der Waals surface area contributed by atoms with Gasteiger partial charge >= 0.3 is 6.09 Å². The van der Waals surface area contributed by atoms with Gasteiger partial charge in [0.05, 0.1) is 0 Å². The molecule has 1 saturated heterocycles. The number of likely N-dealkylation sites (tertiary alicyclic amines) is 1. The van der Waals surface area contributed by atoms with Gasteiger partial charge in [-0.25, -0.2) is 4.79 Å². The molecule has 1 heterocycles. The van der Waals surface area contributed by atoms with Crippen LogP contribution in [0.4, 0.5) is 4.79 Å². The zero-order valence-electron chi connectivity index (χ0n) is 13.2. The van der Waals surface area contributed by atoms with Crippen molar-refractivity contribution in [2.24, 2.45) is 5.92 Å². The lowest BCUT2D eigenvalue weighted by Crippen LogP contribution is -2.41. The van der Waals surface area contributed by atoms with Gasteiger partial charge in [-0.2, -0.15) is 0 Å². The molecule has 0 N–H and O–H groups in total. The van der Waals surface area contributed by atoms with E-state index in [1.807, 2.05) is 20.8 Å². The van der Waals surface area contributed by atoms with Crippen LogP contribution in [-0.2, 0) is 4.74 Å². The summed E-state index contributed by atoms with van der Waals surface area (Å²) >= 11 is 0. The van der Waals surface area contributed by atoms with Crippen molar-refractivity contribution in [1.82, 2.24) is 4.90 Å². The number of ether oxygens (including phenoxy) is 1. The summed E-state index contributed by atoms with van der Waals surface area (Å²) in [5.41, 5.74) is 3.02. The van der Waals surface area contributed by atoms with Crippen LogP contribution < -0.4 is 0 Å². The molecule has 0 aromatic carbocycles. The first-order chi connectivity index (χ1) is 8.57. The predicted octanol–water partition coefficient (Wildman–Crippen LogP) is 3.51. The second-order valence-electron chi connectivity index (χ2n) is 7.26. The van der Waals surface area contributed by atoms with Crippen molar-refractivity contribution in [2.75, 3.05) is 13.1 Å². The van der Waals surface area contributed by atoms with E-state index in [0.29, 0.717) is 5.92 Å². The zero-order valence-corrected chi connectivity index (χ0v) is 14.2. The van der Waals surface area contributed by atoms with E-state index >= 15 is 0 Å². The minimum absolute atomic E-state index is 0.191. The molecule has 0 aliphatic carbocycles. The van der Waals surface area contributed by atoms with E-state index in [1.54, 1.807) is 4.90 Å². The molecule has 108 valence electrons. The molecule has 0 bridgehead atoms. The van der Waals surface area contributed by atoms with Gasteiger partial charge in [-0.1, -0.05) is 19.6 Å². The molecule has 1 fully saturated rings. The van der Waals surface area contributed by atoms with Gasteiger partial charge in [-0.3, -0.25) is 0 Å². The Labute approximate surface area is 118 Å². The van der Waals surface area contributed by atoms with E-state index in [9.17, 15) is 4.79 Å². The number of carbonyl (C=O) groups is 1. The first-order valence-electron chi connectivity index (χ1n) is 7.07. The summed E-state index contributed by atoms with van der Waals surface area (Å²) in [5, 5.41) is 0. The van der Waals surface area contributed by atoms with Crippen LogP contribution >= 0.6 is 0 Å². The van der Waals surface area contributed by atoms with Crippen LogP contribution in [0.15, 0.2) is 0 Å². The molecule has 0 aromatic heterocycles. The van der Waals surface area contributed by atoms with Gasteiger partial charge < -0.3 is 9.64 Å². The van der Waals surface area contributed by atoms with Gasteiger partial charge in [-0.05, 0) is 33.6 Å². The third kappa shape index (κ3) is 6.67. The van der Waals surface area contributed by atoms with Crippen LogP contribution in [-0.4, -0.2) is 37.8 Å². The Hall–Kier alpha value is -0.953. The molecule has 0 saturated carbocycles. The van der Waals surface area contributed by atoms with E-state index in [1.165, 1.54) is 0 Å². The lowest BCUT2D eigenvalue weighted by atomic mass is 9.98. The summed E-state index contributed by atoms with van der Waals surface area (Å²) in [4.78, 5) is 13.7. The molecule has 4 heteroatoms. The van der Waals surface area contributed by atoms with E-state index in [4.69, 9.17) is 4.74 Å². The van der Waals surface area contributed by atoms with Gasteiger partial charge in [0.25, 0.3) is 0 Å². The largest absolute Gasteiger partial charge is 0.444 e. The van der Waals surface area contributed by atoms with Crippen LogP contribution in [0.2, 0.25) is 19.6 Å². The Balaban J connectivity index is 2.45. The highest BCUT2D eigenvalue weighted by atomic mass is 28.3. The van der Waals surface area contributed by atoms with Crippen molar-refractivity contribution >= 4 is 14.2 Å². The Morgan fingerprint density at radius 1 is 1.21 bits per heavy atom. The SMILES string of the molecule is CC(C)(C)OC(=O)N1CCC(C#C[Si](C)(C)C)CC1. The monoisotopic (exact) mass is 281 g/mol. The Bertz CT molecular complexity index is 374. The second kappa shape index (κ2) is 6.00. The van der Waals surface area contributed by atoms with E-state index in [0.717, 1.165) is 25.9 Å². The van der Waals surface area contributed by atoms with E-state index in [-0.39, 0.29) is 6.09 Å². The molecule has 0 aromatic rings. The van der Waals surface area contributed by atoms with Gasteiger partial charge in [-0.15, -0.1) is 11.5 Å². The van der Waals surface area contributed by atoms with Crippen molar-refractivity contribution in [3.05, 3.63) is 0 Å². The molecule has 0 radical (unpaired) electrons. The number of hydrogen-bond acceptors (Lipinski definition) is 2. The lowest BCUT2D eigenvalue weighted by Gasteiger charge is -2.32. The van der Waals surface area contributed by atoms with E-state index < -0.39 is 13.7 Å².